The summed E-state index contributed by atoms with van der Waals surface area (Å²) in [6.07, 6.45) is 1.64. The number of carbonyl (C=O) groups is 1. The second-order valence-electron chi connectivity index (χ2n) is 4.77. The summed E-state index contributed by atoms with van der Waals surface area (Å²) in [5, 5.41) is 2.79. The van der Waals surface area contributed by atoms with Crippen LogP contribution in [0.1, 0.15) is 24.2 Å². The molecule has 0 heterocycles. The summed E-state index contributed by atoms with van der Waals surface area (Å²) >= 11 is 0. The number of carbonyl (C=O) groups excluding carboxylic acids is 1. The summed E-state index contributed by atoms with van der Waals surface area (Å²) in [5.41, 5.74) is 5.89. The van der Waals surface area contributed by atoms with Crippen molar-refractivity contribution in [2.75, 3.05) is 13.2 Å². The number of rotatable bonds is 6. The van der Waals surface area contributed by atoms with Gasteiger partial charge in [0.2, 0.25) is 0 Å². The average molecular weight is 248 g/mol. The molecule has 1 rings (SSSR count). The summed E-state index contributed by atoms with van der Waals surface area (Å²) in [6.45, 7) is 8.06. The van der Waals surface area contributed by atoms with Crippen LogP contribution in [0.15, 0.2) is 36.9 Å². The molecule has 1 aromatic rings. The minimum Gasteiger partial charge on any atom is -0.489 e. The van der Waals surface area contributed by atoms with E-state index in [2.05, 4.69) is 11.9 Å². The molecule has 4 nitrogen and oxygen atoms in total. The molecule has 0 saturated heterocycles. The fourth-order valence-electron chi connectivity index (χ4n) is 1.33. The lowest BCUT2D eigenvalue weighted by Gasteiger charge is -2.19. The lowest BCUT2D eigenvalue weighted by molar-refractivity contribution is 0.0942. The molecular formula is C14H20N2O2. The standard InChI is InChI=1S/C14H20N2O2/c1-4-9-18-12-8-6-5-7-11(12)13(17)16-10-14(2,3)15/h4-8H,1,9-10,15H2,2-3H3,(H,16,17). The SMILES string of the molecule is C=CCOc1ccccc1C(=O)NCC(C)(C)N. The molecule has 4 heteroatoms. The molecule has 1 amide bonds. The smallest absolute Gasteiger partial charge is 0.255 e. The summed E-state index contributed by atoms with van der Waals surface area (Å²) in [6, 6.07) is 7.09. The van der Waals surface area contributed by atoms with Crippen molar-refractivity contribution in [1.82, 2.24) is 5.32 Å². The maximum Gasteiger partial charge on any atom is 0.255 e. The Balaban J connectivity index is 2.75. The Hall–Kier alpha value is -1.81. The van der Waals surface area contributed by atoms with Gasteiger partial charge in [-0.2, -0.15) is 0 Å². The van der Waals surface area contributed by atoms with Gasteiger partial charge in [0.05, 0.1) is 5.56 Å². The van der Waals surface area contributed by atoms with Crippen molar-refractivity contribution in [3.05, 3.63) is 42.5 Å². The van der Waals surface area contributed by atoms with Crippen molar-refractivity contribution >= 4 is 5.91 Å². The predicted octanol–water partition coefficient (Wildman–Crippen LogP) is 1.72. The van der Waals surface area contributed by atoms with Gasteiger partial charge in [0.15, 0.2) is 0 Å². The molecule has 3 N–H and O–H groups in total. The fraction of sp³-hybridized carbons (Fsp3) is 0.357. The molecule has 0 bridgehead atoms. The Labute approximate surface area is 108 Å². The van der Waals surface area contributed by atoms with Gasteiger partial charge in [0.25, 0.3) is 5.91 Å². The van der Waals surface area contributed by atoms with Gasteiger partial charge in [-0.25, -0.2) is 0 Å². The third-order valence-electron chi connectivity index (χ3n) is 2.19. The molecule has 1 aromatic carbocycles. The van der Waals surface area contributed by atoms with Gasteiger partial charge in [0, 0.05) is 12.1 Å². The monoisotopic (exact) mass is 248 g/mol. The van der Waals surface area contributed by atoms with Crippen LogP contribution < -0.4 is 15.8 Å². The van der Waals surface area contributed by atoms with Crippen LogP contribution in [0, 0.1) is 0 Å². The summed E-state index contributed by atoms with van der Waals surface area (Å²) in [7, 11) is 0. The first-order valence-corrected chi connectivity index (χ1v) is 5.84. The van der Waals surface area contributed by atoms with Crippen LogP contribution in [-0.2, 0) is 0 Å². The molecule has 0 aromatic heterocycles. The largest absolute Gasteiger partial charge is 0.489 e. The second-order valence-corrected chi connectivity index (χ2v) is 4.77. The van der Waals surface area contributed by atoms with Crippen LogP contribution in [0.25, 0.3) is 0 Å². The highest BCUT2D eigenvalue weighted by Gasteiger charge is 2.15. The van der Waals surface area contributed by atoms with E-state index in [-0.39, 0.29) is 5.91 Å². The van der Waals surface area contributed by atoms with E-state index in [1.165, 1.54) is 0 Å². The number of nitrogens with one attached hydrogen (secondary N) is 1. The zero-order valence-corrected chi connectivity index (χ0v) is 10.9. The van der Waals surface area contributed by atoms with Crippen molar-refractivity contribution in [2.45, 2.75) is 19.4 Å². The second kappa shape index (κ2) is 6.21. The van der Waals surface area contributed by atoms with Crippen molar-refractivity contribution in [1.29, 1.82) is 0 Å². The third kappa shape index (κ3) is 4.59. The molecule has 0 radical (unpaired) electrons. The summed E-state index contributed by atoms with van der Waals surface area (Å²) < 4.78 is 5.43. The normalized spacial score (nSPS) is 10.8. The number of hydrogen-bond acceptors (Lipinski definition) is 3. The first kappa shape index (κ1) is 14.3. The van der Waals surface area contributed by atoms with Crippen LogP contribution in [0.5, 0.6) is 5.75 Å². The van der Waals surface area contributed by atoms with Gasteiger partial charge in [0.1, 0.15) is 12.4 Å². The van der Waals surface area contributed by atoms with E-state index in [0.717, 1.165) is 0 Å². The van der Waals surface area contributed by atoms with Crippen molar-refractivity contribution < 1.29 is 9.53 Å². The Morgan fingerprint density at radius 1 is 1.50 bits per heavy atom. The van der Waals surface area contributed by atoms with Crippen LogP contribution in [0.3, 0.4) is 0 Å². The average Bonchev–Trinajstić information content (AvgIpc) is 2.33. The molecule has 98 valence electrons. The Morgan fingerprint density at radius 3 is 2.78 bits per heavy atom. The zero-order valence-electron chi connectivity index (χ0n) is 10.9. The highest BCUT2D eigenvalue weighted by molar-refractivity contribution is 5.96. The highest BCUT2D eigenvalue weighted by atomic mass is 16.5. The molecule has 0 aliphatic carbocycles. The van der Waals surface area contributed by atoms with Gasteiger partial charge in [-0.1, -0.05) is 24.8 Å². The summed E-state index contributed by atoms with van der Waals surface area (Å²) in [5.74, 6) is 0.359. The first-order valence-electron chi connectivity index (χ1n) is 5.84. The number of para-hydroxylation sites is 1. The van der Waals surface area contributed by atoms with Gasteiger partial charge in [-0.15, -0.1) is 0 Å². The molecule has 0 atom stereocenters. The molecule has 18 heavy (non-hydrogen) atoms. The van der Waals surface area contributed by atoms with E-state index in [4.69, 9.17) is 10.5 Å². The number of amides is 1. The fourth-order valence-corrected chi connectivity index (χ4v) is 1.33. The number of hydrogen-bond donors (Lipinski definition) is 2. The van der Waals surface area contributed by atoms with Gasteiger partial charge in [-0.3, -0.25) is 4.79 Å². The van der Waals surface area contributed by atoms with E-state index >= 15 is 0 Å². The van der Waals surface area contributed by atoms with Crippen molar-refractivity contribution in [3.63, 3.8) is 0 Å². The molecule has 0 fully saturated rings. The Morgan fingerprint density at radius 2 is 2.17 bits per heavy atom. The van der Waals surface area contributed by atoms with Crippen molar-refractivity contribution in [3.8, 4) is 5.75 Å². The molecule has 0 saturated carbocycles. The molecule has 0 aliphatic heterocycles. The van der Waals surface area contributed by atoms with E-state index < -0.39 is 5.54 Å². The Kier molecular flexibility index (Phi) is 4.92. The summed E-state index contributed by atoms with van der Waals surface area (Å²) in [4.78, 5) is 12.0. The van der Waals surface area contributed by atoms with E-state index in [1.807, 2.05) is 19.9 Å². The first-order chi connectivity index (χ1) is 8.44. The van der Waals surface area contributed by atoms with Gasteiger partial charge >= 0.3 is 0 Å². The number of ether oxygens (including phenoxy) is 1. The number of benzene rings is 1. The van der Waals surface area contributed by atoms with Crippen molar-refractivity contribution in [2.24, 2.45) is 5.73 Å². The maximum absolute atomic E-state index is 12.0. The van der Waals surface area contributed by atoms with Gasteiger partial charge in [-0.05, 0) is 26.0 Å². The lowest BCUT2D eigenvalue weighted by atomic mass is 10.1. The predicted molar refractivity (Wildman–Crippen MR) is 72.7 cm³/mol. The van der Waals surface area contributed by atoms with Crippen LogP contribution in [-0.4, -0.2) is 24.6 Å². The van der Waals surface area contributed by atoms with E-state index in [9.17, 15) is 4.79 Å². The van der Waals surface area contributed by atoms with E-state index in [0.29, 0.717) is 24.5 Å². The minimum atomic E-state index is -0.438. The molecule has 0 aliphatic rings. The van der Waals surface area contributed by atoms with Crippen LogP contribution >= 0.6 is 0 Å². The molecule has 0 unspecified atom stereocenters. The molecule has 0 spiro atoms. The van der Waals surface area contributed by atoms with Crippen LogP contribution in [0.4, 0.5) is 0 Å². The number of nitrogens with two attached hydrogens (primary N) is 1. The molecular weight excluding hydrogens is 228 g/mol. The maximum atomic E-state index is 12.0. The minimum absolute atomic E-state index is 0.187. The lowest BCUT2D eigenvalue weighted by Crippen LogP contribution is -2.45. The quantitative estimate of drug-likeness (QED) is 0.753. The van der Waals surface area contributed by atoms with Gasteiger partial charge < -0.3 is 15.8 Å². The topological polar surface area (TPSA) is 64.3 Å². The zero-order chi connectivity index (χ0) is 13.6. The highest BCUT2D eigenvalue weighted by Crippen LogP contribution is 2.17. The Bertz CT molecular complexity index is 422. The third-order valence-corrected chi connectivity index (χ3v) is 2.19. The van der Waals surface area contributed by atoms with E-state index in [1.54, 1.807) is 24.3 Å². The van der Waals surface area contributed by atoms with Crippen LogP contribution in [0.2, 0.25) is 0 Å².